The van der Waals surface area contributed by atoms with Gasteiger partial charge >= 0.3 is 0 Å². The van der Waals surface area contributed by atoms with E-state index in [2.05, 4.69) is 106 Å². The zero-order chi connectivity index (χ0) is 33.2. The molecule has 0 unspecified atom stereocenters. The molecule has 0 aliphatic rings. The summed E-state index contributed by atoms with van der Waals surface area (Å²) in [5.74, 6) is 8.85. The third-order valence-corrected chi connectivity index (χ3v) is 22.0. The summed E-state index contributed by atoms with van der Waals surface area (Å²) < 4.78 is 10.8. The predicted molar refractivity (Wildman–Crippen MR) is 198 cm³/mol. The molecule has 0 bridgehead atoms. The minimum Gasteiger partial charge on any atom is -0.497 e. The number of ether oxygens (including phenoxy) is 2. The van der Waals surface area contributed by atoms with Gasteiger partial charge < -0.3 is 9.47 Å². The van der Waals surface area contributed by atoms with Crippen molar-refractivity contribution in [2.45, 2.75) is 116 Å². The van der Waals surface area contributed by atoms with E-state index in [0.717, 1.165) is 22.9 Å². The summed E-state index contributed by atoms with van der Waals surface area (Å²) in [6, 6.07) is 15.6. The zero-order valence-electron chi connectivity index (χ0n) is 29.8. The van der Waals surface area contributed by atoms with E-state index in [1.54, 1.807) is 14.2 Å². The molecule has 2 rings (SSSR count). The van der Waals surface area contributed by atoms with Crippen LogP contribution in [0.4, 0.5) is 11.4 Å². The Bertz CT molecular complexity index is 1240. The summed E-state index contributed by atoms with van der Waals surface area (Å²) >= 11 is 0. The van der Waals surface area contributed by atoms with Crippen LogP contribution in [0.3, 0.4) is 0 Å². The summed E-state index contributed by atoms with van der Waals surface area (Å²) in [6.07, 6.45) is 0. The molecule has 0 amide bonds. The highest BCUT2D eigenvalue weighted by Gasteiger charge is 2.43. The number of hydrogen-bond acceptors (Lipinski definition) is 4. The van der Waals surface area contributed by atoms with Crippen LogP contribution in [-0.4, -0.2) is 41.8 Å². The van der Waals surface area contributed by atoms with Crippen LogP contribution in [-0.2, 0) is 0 Å². The van der Waals surface area contributed by atoms with Crippen LogP contribution < -0.4 is 9.47 Å². The summed E-state index contributed by atoms with van der Waals surface area (Å²) in [5, 5.41) is 0. The molecule has 44 heavy (non-hydrogen) atoms. The lowest BCUT2D eigenvalue weighted by atomic mass is 10.2. The van der Waals surface area contributed by atoms with Crippen molar-refractivity contribution in [3.05, 3.63) is 48.5 Å². The highest BCUT2D eigenvalue weighted by atomic mass is 28.3. The molecule has 238 valence electrons. The number of nitrogens with zero attached hydrogens (tertiary/aromatic N) is 2. The normalized spacial score (nSPS) is 13.0. The predicted octanol–water partition coefficient (Wildman–Crippen LogP) is 11.0. The van der Waals surface area contributed by atoms with Crippen molar-refractivity contribution in [2.24, 2.45) is 9.98 Å². The van der Waals surface area contributed by atoms with Crippen LogP contribution in [0.5, 0.6) is 11.5 Å². The Morgan fingerprint density at radius 1 is 0.477 bits per heavy atom. The Morgan fingerprint density at radius 2 is 0.727 bits per heavy atom. The van der Waals surface area contributed by atoms with E-state index in [4.69, 9.17) is 19.5 Å². The maximum atomic E-state index is 5.41. The molecule has 0 saturated carbocycles. The molecule has 0 saturated heterocycles. The lowest BCUT2D eigenvalue weighted by molar-refractivity contribution is 0.415. The molecule has 2 aromatic carbocycles. The number of benzene rings is 2. The fourth-order valence-electron chi connectivity index (χ4n) is 7.05. The molecule has 0 spiro atoms. The molecule has 0 atom stereocenters. The minimum atomic E-state index is -2.06. The lowest BCUT2D eigenvalue weighted by Gasteiger charge is -2.38. The lowest BCUT2D eigenvalue weighted by Crippen LogP contribution is -2.43. The second-order valence-corrected chi connectivity index (χ2v) is 24.8. The molecule has 6 heteroatoms. The Kier molecular flexibility index (Phi) is 13.8. The first-order valence-electron chi connectivity index (χ1n) is 16.2. The van der Waals surface area contributed by atoms with Crippen molar-refractivity contribution in [1.82, 2.24) is 0 Å². The molecule has 0 N–H and O–H groups in total. The first kappa shape index (κ1) is 37.1. The van der Waals surface area contributed by atoms with E-state index in [1.165, 1.54) is 0 Å². The van der Waals surface area contributed by atoms with Crippen molar-refractivity contribution in [3.63, 3.8) is 0 Å². The molecular weight excluding hydrogens is 573 g/mol. The topological polar surface area (TPSA) is 43.2 Å². The summed E-state index contributed by atoms with van der Waals surface area (Å²) in [7, 11) is -0.771. The first-order valence-corrected chi connectivity index (χ1v) is 20.6. The van der Waals surface area contributed by atoms with Crippen molar-refractivity contribution >= 4 is 38.9 Å². The number of aliphatic imine (C=N–C) groups is 2. The van der Waals surface area contributed by atoms with E-state index in [9.17, 15) is 0 Å². The molecule has 4 nitrogen and oxygen atoms in total. The van der Waals surface area contributed by atoms with Crippen molar-refractivity contribution < 1.29 is 9.47 Å². The zero-order valence-corrected chi connectivity index (χ0v) is 31.8. The fraction of sp³-hybridized carbons (Fsp3) is 0.526. The Morgan fingerprint density at radius 3 is 0.932 bits per heavy atom. The van der Waals surface area contributed by atoms with Crippen LogP contribution in [0.25, 0.3) is 0 Å². The molecule has 2 aromatic rings. The monoisotopic (exact) mass is 628 g/mol. The van der Waals surface area contributed by atoms with E-state index < -0.39 is 16.1 Å². The summed E-state index contributed by atoms with van der Waals surface area (Å²) in [4.78, 5) is 10.3. The van der Waals surface area contributed by atoms with Gasteiger partial charge in [-0.15, -0.1) is 11.1 Å². The Labute approximate surface area is 271 Å². The van der Waals surface area contributed by atoms with Gasteiger partial charge in [0.05, 0.1) is 25.6 Å². The van der Waals surface area contributed by atoms with Gasteiger partial charge in [0.25, 0.3) is 0 Å². The van der Waals surface area contributed by atoms with Gasteiger partial charge in [-0.3, -0.25) is 0 Å². The van der Waals surface area contributed by atoms with Gasteiger partial charge in [-0.2, -0.15) is 0 Å². The summed E-state index contributed by atoms with van der Waals surface area (Å²) in [5.41, 5.74) is 13.6. The van der Waals surface area contributed by atoms with Gasteiger partial charge in [-0.1, -0.05) is 94.9 Å². The second kappa shape index (κ2) is 16.3. The molecular formula is C38H56N2O2Si2. The van der Waals surface area contributed by atoms with Crippen LogP contribution in [0, 0.1) is 22.9 Å². The fourth-order valence-corrected chi connectivity index (χ4v) is 17.5. The van der Waals surface area contributed by atoms with Gasteiger partial charge in [-0.05, 0) is 81.8 Å². The smallest absolute Gasteiger partial charge is 0.147 e. The molecule has 0 aliphatic carbocycles. The van der Waals surface area contributed by atoms with Gasteiger partial charge in [0.1, 0.15) is 39.1 Å². The Balaban J connectivity index is 3.03. The van der Waals surface area contributed by atoms with E-state index in [-0.39, 0.29) is 0 Å². The SMILES string of the molecule is COc1ccc(N=C(C#C[Si](C(C)C)(C(C)C)C(C)C)C(C#C[Si](C(C)C)(C(C)C)C(C)C)=Nc2ccc(OC)cc2)cc1. The molecule has 0 heterocycles. The number of hydrogen-bond donors (Lipinski definition) is 0. The van der Waals surface area contributed by atoms with Crippen LogP contribution in [0.15, 0.2) is 58.5 Å². The third-order valence-electron chi connectivity index (χ3n) is 9.38. The summed E-state index contributed by atoms with van der Waals surface area (Å²) in [6.45, 7) is 28.0. The Hall–Kier alpha value is -3.07. The number of methoxy groups -OCH3 is 2. The van der Waals surface area contributed by atoms with Crippen molar-refractivity contribution in [3.8, 4) is 34.4 Å². The van der Waals surface area contributed by atoms with Crippen molar-refractivity contribution in [2.75, 3.05) is 14.2 Å². The average molecular weight is 629 g/mol. The highest BCUT2D eigenvalue weighted by molar-refractivity contribution is 6.91. The van der Waals surface area contributed by atoms with Crippen LogP contribution in [0.1, 0.15) is 83.1 Å². The molecule has 0 aromatic heterocycles. The maximum Gasteiger partial charge on any atom is 0.147 e. The van der Waals surface area contributed by atoms with Gasteiger partial charge in [0, 0.05) is 0 Å². The minimum absolute atomic E-state index is 0.494. The largest absolute Gasteiger partial charge is 0.497 e. The van der Waals surface area contributed by atoms with Crippen molar-refractivity contribution in [1.29, 1.82) is 0 Å². The van der Waals surface area contributed by atoms with E-state index in [0.29, 0.717) is 44.7 Å². The number of rotatable bonds is 11. The average Bonchev–Trinajstić information content (AvgIpc) is 2.96. The quantitative estimate of drug-likeness (QED) is 0.141. The maximum absolute atomic E-state index is 5.41. The second-order valence-electron chi connectivity index (χ2n) is 13.6. The van der Waals surface area contributed by atoms with Crippen LogP contribution >= 0.6 is 0 Å². The first-order chi connectivity index (χ1) is 20.6. The van der Waals surface area contributed by atoms with E-state index in [1.807, 2.05) is 48.5 Å². The standard InChI is InChI=1S/C38H56N2O2Si2/c1-27(2)43(28(3)4,29(5)6)25-23-37(39-33-15-19-35(41-13)20-16-33)38(40-34-17-21-36(42-14)22-18-34)24-26-44(30(7)8,31(9)10)32(11)12/h15-22,27-32H,1-14H3. The molecule has 0 fully saturated rings. The van der Waals surface area contributed by atoms with Gasteiger partial charge in [0.2, 0.25) is 0 Å². The van der Waals surface area contributed by atoms with Gasteiger partial charge in [0.15, 0.2) is 0 Å². The molecule has 0 radical (unpaired) electrons. The third kappa shape index (κ3) is 8.55. The highest BCUT2D eigenvalue weighted by Crippen LogP contribution is 2.42. The molecule has 0 aliphatic heterocycles. The van der Waals surface area contributed by atoms with E-state index >= 15 is 0 Å². The van der Waals surface area contributed by atoms with Gasteiger partial charge in [-0.25, -0.2) is 9.98 Å². The van der Waals surface area contributed by atoms with Crippen LogP contribution in [0.2, 0.25) is 33.2 Å².